The van der Waals surface area contributed by atoms with E-state index in [0.717, 1.165) is 36.3 Å². The van der Waals surface area contributed by atoms with Crippen molar-refractivity contribution in [2.24, 2.45) is 5.92 Å². The number of rotatable bonds is 4. The molecule has 2 heterocycles. The Kier molecular flexibility index (Phi) is 4.44. The molecule has 0 saturated carbocycles. The van der Waals surface area contributed by atoms with Gasteiger partial charge in [0.25, 0.3) is 5.91 Å². The van der Waals surface area contributed by atoms with Crippen LogP contribution in [0.5, 0.6) is 0 Å². The molecule has 0 spiro atoms. The van der Waals surface area contributed by atoms with Gasteiger partial charge in [0, 0.05) is 35.4 Å². The summed E-state index contributed by atoms with van der Waals surface area (Å²) in [6.07, 6.45) is 2.91. The average Bonchev–Trinajstić information content (AvgIpc) is 2.96. The molecule has 4 nitrogen and oxygen atoms in total. The lowest BCUT2D eigenvalue weighted by Crippen LogP contribution is -2.35. The summed E-state index contributed by atoms with van der Waals surface area (Å²) in [7, 11) is 0. The average molecular weight is 348 g/mol. The summed E-state index contributed by atoms with van der Waals surface area (Å²) < 4.78 is 6.41. The molecule has 1 unspecified atom stereocenters. The van der Waals surface area contributed by atoms with E-state index < -0.39 is 0 Å². The van der Waals surface area contributed by atoms with Crippen molar-refractivity contribution >= 4 is 28.5 Å². The highest BCUT2D eigenvalue weighted by Crippen LogP contribution is 2.16. The number of hydrogen-bond donors (Lipinski definition) is 1. The summed E-state index contributed by atoms with van der Waals surface area (Å²) in [6, 6.07) is 1.89. The summed E-state index contributed by atoms with van der Waals surface area (Å²) >= 11 is 2.20. The summed E-state index contributed by atoms with van der Waals surface area (Å²) in [5.74, 6) is 0.579. The number of hydrogen-bond acceptors (Lipinski definition) is 2. The van der Waals surface area contributed by atoms with Gasteiger partial charge in [0.05, 0.1) is 6.61 Å². The number of aromatic amines is 1. The molecule has 0 bridgehead atoms. The minimum atomic E-state index is 0.0855. The van der Waals surface area contributed by atoms with Gasteiger partial charge in [0.15, 0.2) is 0 Å². The zero-order chi connectivity index (χ0) is 12.3. The number of amides is 1. The molecule has 1 aliphatic heterocycles. The fourth-order valence-electron chi connectivity index (χ4n) is 2.06. The van der Waals surface area contributed by atoms with Gasteiger partial charge in [-0.25, -0.2) is 0 Å². The van der Waals surface area contributed by atoms with Crippen molar-refractivity contribution in [2.45, 2.75) is 13.3 Å². The molecule has 0 radical (unpaired) electrons. The Morgan fingerprint density at radius 1 is 1.71 bits per heavy atom. The standard InChI is InChI=1S/C12H17IN2O2/c1-2-15(7-9-3-4-17-8-9)12(16)11-5-10(13)6-14-11/h5-6,9,14H,2-4,7-8H2,1H3. The van der Waals surface area contributed by atoms with E-state index in [4.69, 9.17) is 4.74 Å². The highest BCUT2D eigenvalue weighted by atomic mass is 127. The monoisotopic (exact) mass is 348 g/mol. The molecular formula is C12H17IN2O2. The highest BCUT2D eigenvalue weighted by Gasteiger charge is 2.22. The van der Waals surface area contributed by atoms with Crippen LogP contribution < -0.4 is 0 Å². The van der Waals surface area contributed by atoms with Gasteiger partial charge >= 0.3 is 0 Å². The van der Waals surface area contributed by atoms with Crippen LogP contribution in [0.15, 0.2) is 12.3 Å². The second-order valence-electron chi connectivity index (χ2n) is 4.30. The molecule has 5 heteroatoms. The van der Waals surface area contributed by atoms with Crippen molar-refractivity contribution < 1.29 is 9.53 Å². The highest BCUT2D eigenvalue weighted by molar-refractivity contribution is 14.1. The van der Waals surface area contributed by atoms with Crippen LogP contribution in [-0.4, -0.2) is 42.1 Å². The van der Waals surface area contributed by atoms with E-state index in [0.29, 0.717) is 11.6 Å². The molecule has 2 rings (SSSR count). The number of H-pyrrole nitrogens is 1. The fourth-order valence-corrected chi connectivity index (χ4v) is 2.52. The van der Waals surface area contributed by atoms with E-state index in [2.05, 4.69) is 27.6 Å². The van der Waals surface area contributed by atoms with Crippen molar-refractivity contribution in [1.29, 1.82) is 0 Å². The minimum absolute atomic E-state index is 0.0855. The molecule has 1 saturated heterocycles. The third-order valence-corrected chi connectivity index (χ3v) is 3.67. The summed E-state index contributed by atoms with van der Waals surface area (Å²) in [6.45, 7) is 5.17. The quantitative estimate of drug-likeness (QED) is 0.848. The molecule has 1 fully saturated rings. The van der Waals surface area contributed by atoms with E-state index in [9.17, 15) is 4.79 Å². The maximum atomic E-state index is 12.2. The summed E-state index contributed by atoms with van der Waals surface area (Å²) in [5, 5.41) is 0. The van der Waals surface area contributed by atoms with E-state index in [1.54, 1.807) is 0 Å². The molecule has 1 aliphatic rings. The molecule has 17 heavy (non-hydrogen) atoms. The van der Waals surface area contributed by atoms with Gasteiger partial charge in [-0.15, -0.1) is 0 Å². The topological polar surface area (TPSA) is 45.3 Å². The van der Waals surface area contributed by atoms with Gasteiger partial charge in [0.1, 0.15) is 5.69 Å². The van der Waals surface area contributed by atoms with Crippen molar-refractivity contribution in [3.05, 3.63) is 21.5 Å². The number of ether oxygens (including phenoxy) is 1. The Bertz CT molecular complexity index is 386. The molecule has 1 N–H and O–H groups in total. The van der Waals surface area contributed by atoms with Crippen molar-refractivity contribution in [3.8, 4) is 0 Å². The van der Waals surface area contributed by atoms with Crippen molar-refractivity contribution in [1.82, 2.24) is 9.88 Å². The minimum Gasteiger partial charge on any atom is -0.381 e. The zero-order valence-corrected chi connectivity index (χ0v) is 12.1. The van der Waals surface area contributed by atoms with Gasteiger partial charge in [-0.05, 0) is 42.0 Å². The first-order chi connectivity index (χ1) is 8.20. The Balaban J connectivity index is 1.99. The predicted molar refractivity (Wildman–Crippen MR) is 74.0 cm³/mol. The SMILES string of the molecule is CCN(CC1CCOC1)C(=O)c1cc(I)c[nH]1. The largest absolute Gasteiger partial charge is 0.381 e. The fraction of sp³-hybridized carbons (Fsp3) is 0.583. The van der Waals surface area contributed by atoms with Crippen LogP contribution >= 0.6 is 22.6 Å². The van der Waals surface area contributed by atoms with Gasteiger partial charge < -0.3 is 14.6 Å². The second kappa shape index (κ2) is 5.86. The summed E-state index contributed by atoms with van der Waals surface area (Å²) in [4.78, 5) is 17.1. The maximum Gasteiger partial charge on any atom is 0.270 e. The third kappa shape index (κ3) is 3.22. The lowest BCUT2D eigenvalue weighted by molar-refractivity contribution is 0.0725. The molecule has 0 aromatic carbocycles. The summed E-state index contributed by atoms with van der Waals surface area (Å²) in [5.41, 5.74) is 0.676. The first kappa shape index (κ1) is 12.9. The maximum absolute atomic E-state index is 12.2. The zero-order valence-electron chi connectivity index (χ0n) is 9.91. The van der Waals surface area contributed by atoms with Gasteiger partial charge in [0.2, 0.25) is 0 Å². The first-order valence-corrected chi connectivity index (χ1v) is 6.99. The predicted octanol–water partition coefficient (Wildman–Crippen LogP) is 2.12. The molecule has 0 aliphatic carbocycles. The third-order valence-electron chi connectivity index (χ3n) is 3.05. The van der Waals surface area contributed by atoms with Crippen LogP contribution in [0.4, 0.5) is 0 Å². The second-order valence-corrected chi connectivity index (χ2v) is 5.55. The number of halogens is 1. The van der Waals surface area contributed by atoms with Crippen LogP contribution in [0.1, 0.15) is 23.8 Å². The van der Waals surface area contributed by atoms with Crippen molar-refractivity contribution in [3.63, 3.8) is 0 Å². The van der Waals surface area contributed by atoms with Crippen LogP contribution in [0.2, 0.25) is 0 Å². The lowest BCUT2D eigenvalue weighted by atomic mass is 10.1. The van der Waals surface area contributed by atoms with Crippen LogP contribution in [0, 0.1) is 9.49 Å². The van der Waals surface area contributed by atoms with Crippen LogP contribution in [0.25, 0.3) is 0 Å². The van der Waals surface area contributed by atoms with E-state index in [1.165, 1.54) is 0 Å². The van der Waals surface area contributed by atoms with Crippen LogP contribution in [-0.2, 0) is 4.74 Å². The Labute approximate surface area is 115 Å². The number of nitrogens with zero attached hydrogens (tertiary/aromatic N) is 1. The molecule has 1 amide bonds. The molecule has 1 aromatic heterocycles. The smallest absolute Gasteiger partial charge is 0.270 e. The molecule has 94 valence electrons. The number of aromatic nitrogens is 1. The van der Waals surface area contributed by atoms with Gasteiger partial charge in [-0.2, -0.15) is 0 Å². The van der Waals surface area contributed by atoms with Gasteiger partial charge in [-0.3, -0.25) is 4.79 Å². The van der Waals surface area contributed by atoms with E-state index in [-0.39, 0.29) is 5.91 Å². The van der Waals surface area contributed by atoms with Gasteiger partial charge in [-0.1, -0.05) is 0 Å². The Hall–Kier alpha value is -0.560. The number of carbonyl (C=O) groups is 1. The Morgan fingerprint density at radius 2 is 2.53 bits per heavy atom. The normalized spacial score (nSPS) is 19.5. The van der Waals surface area contributed by atoms with E-state index >= 15 is 0 Å². The number of nitrogens with one attached hydrogen (secondary N) is 1. The van der Waals surface area contributed by atoms with E-state index in [1.807, 2.05) is 24.1 Å². The molecule has 1 atom stereocenters. The first-order valence-electron chi connectivity index (χ1n) is 5.91. The number of carbonyl (C=O) groups excluding carboxylic acids is 1. The van der Waals surface area contributed by atoms with Crippen molar-refractivity contribution in [2.75, 3.05) is 26.3 Å². The molecular weight excluding hydrogens is 331 g/mol. The molecule has 1 aromatic rings. The van der Waals surface area contributed by atoms with Crippen LogP contribution in [0.3, 0.4) is 0 Å². The Morgan fingerprint density at radius 3 is 3.06 bits per heavy atom. The lowest BCUT2D eigenvalue weighted by Gasteiger charge is -2.23.